The average Bonchev–Trinajstić information content (AvgIpc) is 2.52. The van der Waals surface area contributed by atoms with E-state index >= 15 is 0 Å². The van der Waals surface area contributed by atoms with E-state index in [9.17, 15) is 0 Å². The third kappa shape index (κ3) is 3.40. The van der Waals surface area contributed by atoms with Crippen LogP contribution < -0.4 is 10.6 Å². The summed E-state index contributed by atoms with van der Waals surface area (Å²) < 4.78 is 0. The largest absolute Gasteiger partial charge is 0.296 e. The Kier molecular flexibility index (Phi) is 4.28. The quantitative estimate of drug-likeness (QED) is 0.742. The van der Waals surface area contributed by atoms with E-state index in [1.54, 1.807) is 0 Å². The molecule has 0 atom stereocenters. The molecule has 2 N–H and O–H groups in total. The zero-order chi connectivity index (χ0) is 19.4. The highest BCUT2D eigenvalue weighted by molar-refractivity contribution is 5.28. The van der Waals surface area contributed by atoms with Crippen LogP contribution in [0.2, 0.25) is 0 Å². The highest BCUT2D eigenvalue weighted by Crippen LogP contribution is 2.33. The van der Waals surface area contributed by atoms with E-state index in [-0.39, 0.29) is 22.2 Å². The summed E-state index contributed by atoms with van der Waals surface area (Å²) >= 11 is 0. The van der Waals surface area contributed by atoms with Gasteiger partial charge in [0.15, 0.2) is 0 Å². The number of hydrogen-bond acceptors (Lipinski definition) is 4. The van der Waals surface area contributed by atoms with Crippen LogP contribution in [0.25, 0.3) is 0 Å². The molecule has 2 aromatic rings. The van der Waals surface area contributed by atoms with E-state index < -0.39 is 0 Å². The zero-order valence-corrected chi connectivity index (χ0v) is 17.4. The number of hydrogen-bond donors (Lipinski definition) is 2. The lowest BCUT2D eigenvalue weighted by Crippen LogP contribution is -2.52. The van der Waals surface area contributed by atoms with Gasteiger partial charge in [-0.2, -0.15) is 0 Å². The van der Waals surface area contributed by atoms with Gasteiger partial charge >= 0.3 is 0 Å². The van der Waals surface area contributed by atoms with Crippen molar-refractivity contribution in [3.63, 3.8) is 0 Å². The average molecular weight is 353 g/mol. The molecule has 0 fully saturated rings. The molecule has 4 bridgehead atoms. The van der Waals surface area contributed by atoms with Crippen molar-refractivity contribution in [3.8, 4) is 0 Å². The molecule has 1 aliphatic rings. The van der Waals surface area contributed by atoms with E-state index in [0.29, 0.717) is 0 Å². The Bertz CT molecular complexity index is 690. The van der Waals surface area contributed by atoms with Gasteiger partial charge in [0.2, 0.25) is 0 Å². The first-order chi connectivity index (χ1) is 11.8. The third-order valence-electron chi connectivity index (χ3n) is 5.31. The summed E-state index contributed by atoms with van der Waals surface area (Å²) in [5.74, 6) is 0. The minimum atomic E-state index is -0.290. The minimum Gasteiger partial charge on any atom is -0.296 e. The van der Waals surface area contributed by atoms with Crippen molar-refractivity contribution in [1.29, 1.82) is 0 Å². The van der Waals surface area contributed by atoms with E-state index in [2.05, 4.69) is 102 Å². The Balaban J connectivity index is 2.25. The van der Waals surface area contributed by atoms with Crippen LogP contribution in [-0.4, -0.2) is 9.97 Å². The van der Waals surface area contributed by atoms with Crippen LogP contribution in [0.3, 0.4) is 0 Å². The van der Waals surface area contributed by atoms with Crippen LogP contribution in [0.15, 0.2) is 36.4 Å². The van der Waals surface area contributed by atoms with Gasteiger partial charge in [0, 0.05) is 0 Å². The van der Waals surface area contributed by atoms with Crippen molar-refractivity contribution < 1.29 is 0 Å². The zero-order valence-electron chi connectivity index (χ0n) is 17.4. The second-order valence-corrected chi connectivity index (χ2v) is 9.57. The fraction of sp³-hybridized carbons (Fsp3) is 0.545. The van der Waals surface area contributed by atoms with Gasteiger partial charge in [0.25, 0.3) is 0 Å². The van der Waals surface area contributed by atoms with Crippen LogP contribution in [0.5, 0.6) is 0 Å². The fourth-order valence-electron chi connectivity index (χ4n) is 4.08. The molecular weight excluding hydrogens is 320 g/mol. The molecule has 1 aliphatic heterocycles. The number of fused-ring (bicyclic) bond motifs is 4. The lowest BCUT2D eigenvalue weighted by Gasteiger charge is -2.41. The monoisotopic (exact) mass is 352 g/mol. The van der Waals surface area contributed by atoms with Gasteiger partial charge in [0.1, 0.15) is 0 Å². The standard InChI is InChI=1S/C22H32N4/c1-19(2)15-11-9-12-17(23-15)21(5,6)26-22(7,8)18-14-10-13-16(24-18)20(3,4)25-19/h9-14,25-26H,1-8H3. The summed E-state index contributed by atoms with van der Waals surface area (Å²) in [5.41, 5.74) is 2.98. The minimum absolute atomic E-state index is 0.290. The molecule has 0 saturated heterocycles. The molecule has 0 radical (unpaired) electrons. The number of nitrogens with zero attached hydrogens (tertiary/aromatic N) is 2. The van der Waals surface area contributed by atoms with Crippen molar-refractivity contribution in [2.75, 3.05) is 0 Å². The maximum Gasteiger partial charge on any atom is 0.0603 e. The van der Waals surface area contributed by atoms with E-state index in [1.165, 1.54) is 0 Å². The molecule has 0 aromatic carbocycles. The molecule has 2 aromatic heterocycles. The van der Waals surface area contributed by atoms with Gasteiger partial charge in [-0.1, -0.05) is 12.1 Å². The summed E-state index contributed by atoms with van der Waals surface area (Å²) in [7, 11) is 0. The topological polar surface area (TPSA) is 49.8 Å². The molecule has 0 spiro atoms. The maximum absolute atomic E-state index is 5.03. The van der Waals surface area contributed by atoms with Crippen LogP contribution in [-0.2, 0) is 22.2 Å². The van der Waals surface area contributed by atoms with Crippen molar-refractivity contribution in [2.45, 2.75) is 77.5 Å². The highest BCUT2D eigenvalue weighted by Gasteiger charge is 2.37. The Morgan fingerprint density at radius 3 is 0.962 bits per heavy atom. The molecule has 3 heterocycles. The Morgan fingerprint density at radius 1 is 0.500 bits per heavy atom. The summed E-state index contributed by atoms with van der Waals surface area (Å²) in [6.07, 6.45) is 0. The Labute approximate surface area is 157 Å². The van der Waals surface area contributed by atoms with E-state index in [1.807, 2.05) is 0 Å². The third-order valence-corrected chi connectivity index (χ3v) is 5.31. The number of nitrogens with one attached hydrogen (secondary N) is 2. The second-order valence-electron chi connectivity index (χ2n) is 9.57. The SMILES string of the molecule is CC1(C)NC(C)(C)c2cccc(n2)C(C)(C)NC(C)(C)c2cccc1n2. The number of aromatic nitrogens is 2. The smallest absolute Gasteiger partial charge is 0.0603 e. The Hall–Kier alpha value is -1.78. The van der Waals surface area contributed by atoms with Crippen LogP contribution in [0.4, 0.5) is 0 Å². The normalized spacial score (nSPS) is 22.8. The molecular formula is C22H32N4. The Morgan fingerprint density at radius 2 is 0.731 bits per heavy atom. The van der Waals surface area contributed by atoms with Gasteiger partial charge in [-0.25, -0.2) is 0 Å². The van der Waals surface area contributed by atoms with E-state index in [0.717, 1.165) is 22.8 Å². The van der Waals surface area contributed by atoms with Crippen LogP contribution >= 0.6 is 0 Å². The van der Waals surface area contributed by atoms with Crippen molar-refractivity contribution in [1.82, 2.24) is 20.6 Å². The lowest BCUT2D eigenvalue weighted by atomic mass is 9.87. The molecule has 4 heteroatoms. The summed E-state index contributed by atoms with van der Waals surface area (Å²) in [6.45, 7) is 17.5. The number of pyridine rings is 2. The van der Waals surface area contributed by atoms with Gasteiger partial charge in [-0.15, -0.1) is 0 Å². The molecule has 3 rings (SSSR count). The molecule has 0 aliphatic carbocycles. The summed E-state index contributed by atoms with van der Waals surface area (Å²) in [4.78, 5) is 10.1. The van der Waals surface area contributed by atoms with Crippen LogP contribution in [0.1, 0.15) is 78.2 Å². The highest BCUT2D eigenvalue weighted by atomic mass is 15.1. The van der Waals surface area contributed by atoms with Gasteiger partial charge < -0.3 is 0 Å². The first kappa shape index (κ1) is 19.0. The van der Waals surface area contributed by atoms with E-state index in [4.69, 9.17) is 9.97 Å². The van der Waals surface area contributed by atoms with Crippen molar-refractivity contribution >= 4 is 0 Å². The van der Waals surface area contributed by atoms with Gasteiger partial charge in [0.05, 0.1) is 44.9 Å². The van der Waals surface area contributed by atoms with Crippen molar-refractivity contribution in [2.24, 2.45) is 0 Å². The van der Waals surface area contributed by atoms with Crippen LogP contribution in [0, 0.1) is 0 Å². The van der Waals surface area contributed by atoms with Gasteiger partial charge in [-0.05, 0) is 79.7 Å². The summed E-state index contributed by atoms with van der Waals surface area (Å²) in [6, 6.07) is 12.6. The molecule has 0 amide bonds. The molecule has 140 valence electrons. The predicted octanol–water partition coefficient (Wildman–Crippen LogP) is 4.31. The fourth-order valence-corrected chi connectivity index (χ4v) is 4.08. The number of rotatable bonds is 0. The second kappa shape index (κ2) is 5.86. The maximum atomic E-state index is 5.03. The summed E-state index contributed by atoms with van der Waals surface area (Å²) in [5, 5.41) is 7.55. The van der Waals surface area contributed by atoms with Gasteiger partial charge in [-0.3, -0.25) is 20.6 Å². The molecule has 26 heavy (non-hydrogen) atoms. The molecule has 4 nitrogen and oxygen atoms in total. The lowest BCUT2D eigenvalue weighted by molar-refractivity contribution is 0.237. The molecule has 0 unspecified atom stereocenters. The first-order valence-electron chi connectivity index (χ1n) is 9.38. The van der Waals surface area contributed by atoms with Crippen molar-refractivity contribution in [3.05, 3.63) is 59.2 Å². The predicted molar refractivity (Wildman–Crippen MR) is 107 cm³/mol. The first-order valence-corrected chi connectivity index (χ1v) is 9.38. The molecule has 0 saturated carbocycles.